The number of nitrogens with one attached hydrogen (secondary N) is 1. The predicted octanol–water partition coefficient (Wildman–Crippen LogP) is 3.16. The van der Waals surface area contributed by atoms with Crippen molar-refractivity contribution in [3.8, 4) is 11.5 Å². The van der Waals surface area contributed by atoms with Gasteiger partial charge < -0.3 is 9.84 Å². The maximum atomic E-state index is 11.6. The monoisotopic (exact) mass is 351 g/mol. The van der Waals surface area contributed by atoms with E-state index in [1.807, 2.05) is 79.0 Å². The third-order valence-corrected chi connectivity index (χ3v) is 4.25. The highest BCUT2D eigenvalue weighted by atomic mass is 16.6. The van der Waals surface area contributed by atoms with Gasteiger partial charge in [-0.2, -0.15) is 0 Å². The van der Waals surface area contributed by atoms with Crippen LogP contribution < -0.4 is 16.0 Å². The molecular weight excluding hydrogens is 330 g/mol. The largest absolute Gasteiger partial charge is 0.504 e. The highest BCUT2D eigenvalue weighted by Crippen LogP contribution is 2.43. The lowest BCUT2D eigenvalue weighted by atomic mass is 9.91. The number of hydrogen-bond donors (Lipinski definition) is 3. The van der Waals surface area contributed by atoms with Gasteiger partial charge in [-0.1, -0.05) is 54.6 Å². The molecule has 0 aromatic heterocycles. The highest BCUT2D eigenvalue weighted by Gasteiger charge is 2.25. The summed E-state index contributed by atoms with van der Waals surface area (Å²) in [5.41, 5.74) is 3.59. The van der Waals surface area contributed by atoms with Crippen LogP contribution in [-0.4, -0.2) is 30.2 Å². The number of carbonyl (C=O) groups excluding carboxylic acids is 1. The second kappa shape index (κ2) is 7.43. The van der Waals surface area contributed by atoms with Crippen molar-refractivity contribution in [2.45, 2.75) is 6.04 Å². The first-order chi connectivity index (χ1) is 12.5. The summed E-state index contributed by atoms with van der Waals surface area (Å²) in [6, 6.07) is 18.9. The van der Waals surface area contributed by atoms with Gasteiger partial charge in [-0.25, -0.2) is 10.6 Å². The van der Waals surface area contributed by atoms with E-state index in [0.717, 1.165) is 16.3 Å². The lowest BCUT2D eigenvalue weighted by Gasteiger charge is -2.28. The molecule has 0 bridgehead atoms. The zero-order chi connectivity index (χ0) is 18.7. The lowest BCUT2D eigenvalue weighted by Crippen LogP contribution is -2.32. The fraction of sp³-hybridized carbons (Fsp3) is 0.150. The molecule has 0 radical (unpaired) electrons. The number of fused-ring (bicyclic) bond motifs is 1. The van der Waals surface area contributed by atoms with E-state index in [2.05, 4.69) is 0 Å². The molecule has 3 aromatic rings. The van der Waals surface area contributed by atoms with Crippen LogP contribution in [0.4, 0.5) is 4.79 Å². The summed E-state index contributed by atoms with van der Waals surface area (Å²) < 4.78 is 5.17. The van der Waals surface area contributed by atoms with E-state index in [1.54, 1.807) is 6.07 Å². The molecule has 3 rings (SSSR count). The van der Waals surface area contributed by atoms with Gasteiger partial charge in [0.15, 0.2) is 11.5 Å². The summed E-state index contributed by atoms with van der Waals surface area (Å²) >= 11 is 0. The van der Waals surface area contributed by atoms with Crippen LogP contribution in [-0.2, 0) is 0 Å². The summed E-state index contributed by atoms with van der Waals surface area (Å²) in [7, 11) is 3.87. The molecule has 134 valence electrons. The van der Waals surface area contributed by atoms with Crippen molar-refractivity contribution in [3.63, 3.8) is 0 Å². The van der Waals surface area contributed by atoms with E-state index in [-0.39, 0.29) is 17.5 Å². The first-order valence-corrected chi connectivity index (χ1v) is 8.17. The number of nitrogens with zero attached hydrogens (tertiary/aromatic N) is 1. The number of nitrogens with two attached hydrogens (primary N) is 1. The van der Waals surface area contributed by atoms with E-state index in [4.69, 9.17) is 10.6 Å². The Hall–Kier alpha value is -3.09. The predicted molar refractivity (Wildman–Crippen MR) is 101 cm³/mol. The van der Waals surface area contributed by atoms with Crippen LogP contribution in [0, 0.1) is 0 Å². The molecule has 0 aliphatic rings. The molecule has 0 heterocycles. The van der Waals surface area contributed by atoms with Crippen LogP contribution in [0.25, 0.3) is 10.8 Å². The SMILES string of the molecule is CN(C)C(c1ccccc1)c1c(O)c(OC(=O)NN)cc2ccccc12. The van der Waals surface area contributed by atoms with Crippen molar-refractivity contribution in [2.75, 3.05) is 14.1 Å². The van der Waals surface area contributed by atoms with Gasteiger partial charge in [0.05, 0.1) is 6.04 Å². The standard InChI is InChI=1S/C20H21N3O3/c1-23(2)18(13-8-4-3-5-9-13)17-15-11-7-6-10-14(15)12-16(19(17)24)26-20(25)22-21/h3-12,18,24H,21H2,1-2H3,(H,22,25). The third-order valence-electron chi connectivity index (χ3n) is 4.25. The van der Waals surface area contributed by atoms with Gasteiger partial charge in [-0.15, -0.1) is 0 Å². The van der Waals surface area contributed by atoms with Gasteiger partial charge in [-0.05, 0) is 36.5 Å². The molecule has 1 amide bonds. The van der Waals surface area contributed by atoms with Crippen LogP contribution in [0.2, 0.25) is 0 Å². The average molecular weight is 351 g/mol. The van der Waals surface area contributed by atoms with Gasteiger partial charge >= 0.3 is 6.09 Å². The van der Waals surface area contributed by atoms with E-state index in [0.29, 0.717) is 5.56 Å². The molecule has 0 saturated carbocycles. The van der Waals surface area contributed by atoms with Crippen LogP contribution in [0.3, 0.4) is 0 Å². The summed E-state index contributed by atoms with van der Waals surface area (Å²) in [4.78, 5) is 13.6. The minimum atomic E-state index is -0.845. The average Bonchev–Trinajstić information content (AvgIpc) is 2.65. The van der Waals surface area contributed by atoms with E-state index >= 15 is 0 Å². The van der Waals surface area contributed by atoms with E-state index in [1.165, 1.54) is 0 Å². The molecule has 4 N–H and O–H groups in total. The van der Waals surface area contributed by atoms with Crippen molar-refractivity contribution in [1.82, 2.24) is 10.3 Å². The Morgan fingerprint density at radius 3 is 2.42 bits per heavy atom. The lowest BCUT2D eigenvalue weighted by molar-refractivity contribution is 0.198. The number of benzene rings is 3. The maximum Gasteiger partial charge on any atom is 0.427 e. The number of phenols is 1. The molecule has 26 heavy (non-hydrogen) atoms. The Bertz CT molecular complexity index is 926. The van der Waals surface area contributed by atoms with E-state index in [9.17, 15) is 9.90 Å². The van der Waals surface area contributed by atoms with Crippen LogP contribution >= 0.6 is 0 Å². The second-order valence-corrected chi connectivity index (χ2v) is 6.17. The summed E-state index contributed by atoms with van der Waals surface area (Å²) in [6.45, 7) is 0. The molecule has 6 nitrogen and oxygen atoms in total. The quantitative estimate of drug-likeness (QED) is 0.382. The Morgan fingerprint density at radius 1 is 1.12 bits per heavy atom. The molecule has 0 aliphatic carbocycles. The second-order valence-electron chi connectivity index (χ2n) is 6.17. The molecule has 0 aliphatic heterocycles. The maximum absolute atomic E-state index is 11.6. The summed E-state index contributed by atoms with van der Waals surface area (Å²) in [5.74, 6) is 5.08. The number of aromatic hydroxyl groups is 1. The molecule has 0 fully saturated rings. The zero-order valence-electron chi connectivity index (χ0n) is 14.6. The number of rotatable bonds is 4. The van der Waals surface area contributed by atoms with Crippen molar-refractivity contribution < 1.29 is 14.6 Å². The Morgan fingerprint density at radius 2 is 1.77 bits per heavy atom. The zero-order valence-corrected chi connectivity index (χ0v) is 14.6. The number of phenolic OH excluding ortho intramolecular Hbond substituents is 1. The minimum Gasteiger partial charge on any atom is -0.504 e. The van der Waals surface area contributed by atoms with Crippen molar-refractivity contribution in [2.24, 2.45) is 5.84 Å². The Kier molecular flexibility index (Phi) is 5.06. The molecule has 1 unspecified atom stereocenters. The van der Waals surface area contributed by atoms with Crippen LogP contribution in [0.5, 0.6) is 11.5 Å². The van der Waals surface area contributed by atoms with Crippen LogP contribution in [0.15, 0.2) is 60.7 Å². The van der Waals surface area contributed by atoms with Gasteiger partial charge in [0.1, 0.15) is 0 Å². The number of hydrazine groups is 1. The normalized spacial score (nSPS) is 12.2. The molecule has 0 spiro atoms. The van der Waals surface area contributed by atoms with Crippen molar-refractivity contribution in [1.29, 1.82) is 0 Å². The van der Waals surface area contributed by atoms with Gasteiger partial charge in [0.25, 0.3) is 0 Å². The summed E-state index contributed by atoms with van der Waals surface area (Å²) in [5, 5.41) is 12.7. The fourth-order valence-electron chi connectivity index (χ4n) is 3.18. The van der Waals surface area contributed by atoms with Gasteiger partial charge in [0, 0.05) is 5.56 Å². The molecule has 0 saturated heterocycles. The van der Waals surface area contributed by atoms with Crippen molar-refractivity contribution in [3.05, 3.63) is 71.8 Å². The topological polar surface area (TPSA) is 87.8 Å². The fourth-order valence-corrected chi connectivity index (χ4v) is 3.18. The smallest absolute Gasteiger partial charge is 0.427 e. The minimum absolute atomic E-state index is 0.0597. The molecule has 3 aromatic carbocycles. The van der Waals surface area contributed by atoms with E-state index < -0.39 is 6.09 Å². The highest BCUT2D eigenvalue weighted by molar-refractivity contribution is 5.91. The Labute approximate surface area is 151 Å². The number of ether oxygens (including phenoxy) is 1. The van der Waals surface area contributed by atoms with Gasteiger partial charge in [0.2, 0.25) is 0 Å². The first kappa shape index (κ1) is 17.7. The number of hydrogen-bond acceptors (Lipinski definition) is 5. The number of carbonyl (C=O) groups is 1. The first-order valence-electron chi connectivity index (χ1n) is 8.17. The summed E-state index contributed by atoms with van der Waals surface area (Å²) in [6.07, 6.45) is -0.845. The van der Waals surface area contributed by atoms with Crippen LogP contribution in [0.1, 0.15) is 17.2 Å². The molecule has 6 heteroatoms. The molecular formula is C20H21N3O3. The Balaban J connectivity index is 2.28. The van der Waals surface area contributed by atoms with Crippen molar-refractivity contribution >= 4 is 16.9 Å². The third kappa shape index (κ3) is 3.33. The van der Waals surface area contributed by atoms with Gasteiger partial charge in [-0.3, -0.25) is 10.3 Å². The number of amides is 1. The molecule has 1 atom stereocenters.